The Morgan fingerprint density at radius 1 is 0.918 bits per heavy atom. The van der Waals surface area contributed by atoms with Gasteiger partial charge in [0.05, 0.1) is 47.3 Å². The minimum atomic E-state index is -1.01. The molecule has 4 N–H and O–H groups in total. The molecule has 0 saturated carbocycles. The number of carboxylic acid groups (broad SMARTS) is 1. The van der Waals surface area contributed by atoms with Gasteiger partial charge in [0.25, 0.3) is 0 Å². The van der Waals surface area contributed by atoms with Gasteiger partial charge in [-0.3, -0.25) is 24.1 Å². The highest BCUT2D eigenvalue weighted by atomic mass is 32.1. The van der Waals surface area contributed by atoms with Crippen LogP contribution in [-0.2, 0) is 23.9 Å². The molecule has 0 bridgehead atoms. The van der Waals surface area contributed by atoms with E-state index in [0.29, 0.717) is 26.2 Å². The van der Waals surface area contributed by atoms with E-state index in [4.69, 9.17) is 4.74 Å². The number of rotatable bonds is 14. The lowest BCUT2D eigenvalue weighted by Crippen LogP contribution is -2.58. The van der Waals surface area contributed by atoms with Crippen LogP contribution in [0.5, 0.6) is 0 Å². The fourth-order valence-electron chi connectivity index (χ4n) is 8.06. The summed E-state index contributed by atoms with van der Waals surface area (Å²) in [6.45, 7) is 18.7. The molecule has 61 heavy (non-hydrogen) atoms. The zero-order valence-corrected chi connectivity index (χ0v) is 37.8. The maximum atomic E-state index is 14.1. The molecular weight excluding hydrogens is 799 g/mol. The molecule has 2 fully saturated rings. The summed E-state index contributed by atoms with van der Waals surface area (Å²) in [5.74, 6) is -1.48. The first kappa shape index (κ1) is 47.0. The first-order valence-corrected chi connectivity index (χ1v) is 21.8. The number of piperazine rings is 1. The summed E-state index contributed by atoms with van der Waals surface area (Å²) in [7, 11) is 0. The molecule has 332 valence electrons. The van der Waals surface area contributed by atoms with Crippen LogP contribution in [0.25, 0.3) is 10.4 Å². The lowest BCUT2D eigenvalue weighted by molar-refractivity contribution is -0.144. The number of carbonyl (C=O) groups excluding carboxylic acids is 4. The van der Waals surface area contributed by atoms with Crippen molar-refractivity contribution in [3.05, 3.63) is 70.9 Å². The van der Waals surface area contributed by atoms with E-state index in [1.54, 1.807) is 16.2 Å². The molecule has 5 rings (SSSR count). The zero-order valence-electron chi connectivity index (χ0n) is 36.9. The second kappa shape index (κ2) is 19.8. The van der Waals surface area contributed by atoms with Crippen molar-refractivity contribution in [1.29, 1.82) is 0 Å². The Hall–Kier alpha value is -5.06. The number of aliphatic hydroxyl groups is 1. The van der Waals surface area contributed by atoms with Gasteiger partial charge in [-0.25, -0.2) is 9.78 Å². The van der Waals surface area contributed by atoms with Gasteiger partial charge in [-0.2, -0.15) is 0 Å². The van der Waals surface area contributed by atoms with Gasteiger partial charge in [0, 0.05) is 50.4 Å². The van der Waals surface area contributed by atoms with E-state index >= 15 is 0 Å². The monoisotopic (exact) mass is 861 g/mol. The van der Waals surface area contributed by atoms with Crippen LogP contribution in [0.1, 0.15) is 97.1 Å². The Balaban J connectivity index is 1.07. The fourth-order valence-corrected chi connectivity index (χ4v) is 8.87. The van der Waals surface area contributed by atoms with E-state index in [2.05, 4.69) is 20.5 Å². The summed E-state index contributed by atoms with van der Waals surface area (Å²) in [6.07, 6.45) is -1.70. The number of β-amino-alcohol motifs (C(OH)–C–C–N with tert-alkyl or cyclic N) is 1. The number of anilines is 1. The number of thiazole rings is 1. The number of aromatic nitrogens is 1. The van der Waals surface area contributed by atoms with Crippen molar-refractivity contribution >= 4 is 46.7 Å². The Labute approximate surface area is 363 Å². The van der Waals surface area contributed by atoms with Crippen LogP contribution in [0.15, 0.2) is 54.0 Å². The minimum absolute atomic E-state index is 0.0223. The number of nitrogens with zero attached hydrogens (tertiary/aromatic N) is 5. The van der Waals surface area contributed by atoms with Gasteiger partial charge in [-0.05, 0) is 75.8 Å². The van der Waals surface area contributed by atoms with E-state index in [1.807, 2.05) is 116 Å². The van der Waals surface area contributed by atoms with E-state index in [0.717, 1.165) is 32.9 Å². The number of aliphatic hydroxyl groups excluding tert-OH is 1. The number of likely N-dealkylation sites (tertiary alicyclic amines) is 1. The van der Waals surface area contributed by atoms with Gasteiger partial charge in [-0.15, -0.1) is 11.3 Å². The predicted molar refractivity (Wildman–Crippen MR) is 235 cm³/mol. The SMILES string of the molecule is Cc1ncsc1-c1ccc([C@H](C)NC(=O)[C@@H]2C[C@@H](O)CN2C(=O)C(NC(=O)COCCC(=O)N2CCN(c3ccc([C@H](C)N(C(=O)O)C(C)(C)C)cc3)CC2)C(C)(C)C)cc1. The Bertz CT molecular complexity index is 2000. The molecule has 1 aromatic heterocycles. The summed E-state index contributed by atoms with van der Waals surface area (Å²) in [4.78, 5) is 78.0. The highest BCUT2D eigenvalue weighted by Gasteiger charge is 2.45. The van der Waals surface area contributed by atoms with Crippen molar-refractivity contribution in [3.63, 3.8) is 0 Å². The van der Waals surface area contributed by atoms with Crippen molar-refractivity contribution in [2.24, 2.45) is 5.41 Å². The second-order valence-electron chi connectivity index (χ2n) is 18.1. The molecule has 5 amide bonds. The van der Waals surface area contributed by atoms with Crippen LogP contribution in [-0.4, -0.2) is 129 Å². The molecular formula is C45H63N7O8S. The molecule has 16 heteroatoms. The average molecular weight is 862 g/mol. The normalized spacial score (nSPS) is 18.6. The van der Waals surface area contributed by atoms with Gasteiger partial charge in [0.2, 0.25) is 23.6 Å². The van der Waals surface area contributed by atoms with Gasteiger partial charge in [-0.1, -0.05) is 57.2 Å². The number of benzene rings is 2. The smallest absolute Gasteiger partial charge is 0.408 e. The van der Waals surface area contributed by atoms with Crippen molar-refractivity contribution in [2.75, 3.05) is 50.8 Å². The maximum Gasteiger partial charge on any atom is 0.408 e. The van der Waals surface area contributed by atoms with E-state index in [1.165, 1.54) is 9.80 Å². The third-order valence-electron chi connectivity index (χ3n) is 11.4. The molecule has 3 aromatic rings. The lowest BCUT2D eigenvalue weighted by Gasteiger charge is -2.38. The molecule has 0 aliphatic carbocycles. The summed E-state index contributed by atoms with van der Waals surface area (Å²) < 4.78 is 5.60. The van der Waals surface area contributed by atoms with Crippen LogP contribution < -0.4 is 15.5 Å². The topological polar surface area (TPSA) is 185 Å². The molecule has 5 atom stereocenters. The highest BCUT2D eigenvalue weighted by Crippen LogP contribution is 2.31. The standard InChI is InChI=1S/C45H63N7O8S/c1-28(31-10-12-33(13-11-31)39-29(2)46-27-61-39)47-41(56)36-24-35(53)25-51(36)42(57)40(44(4,5)6)48-37(54)26-60-23-18-38(55)50-21-19-49(20-22-50)34-16-14-32(15-17-34)30(3)52(43(58)59)45(7,8)9/h10-17,27-28,30,35-36,40,53H,18-26H2,1-9H3,(H,47,56)(H,48,54)(H,58,59)/t28-,30-,35+,36-,40?/m0/s1. The average Bonchev–Trinajstić information content (AvgIpc) is 3.82. The molecule has 0 radical (unpaired) electrons. The number of carbonyl (C=O) groups is 5. The number of ether oxygens (including phenoxy) is 1. The summed E-state index contributed by atoms with van der Waals surface area (Å²) in [5.41, 5.74) is 5.30. The van der Waals surface area contributed by atoms with Crippen LogP contribution in [0, 0.1) is 12.3 Å². The lowest BCUT2D eigenvalue weighted by atomic mass is 9.85. The van der Waals surface area contributed by atoms with Crippen molar-refractivity contribution in [1.82, 2.24) is 30.3 Å². The predicted octanol–water partition coefficient (Wildman–Crippen LogP) is 5.38. The quantitative estimate of drug-likeness (QED) is 0.154. The molecule has 2 saturated heterocycles. The summed E-state index contributed by atoms with van der Waals surface area (Å²) in [6, 6.07) is 13.2. The van der Waals surface area contributed by atoms with E-state index < -0.39 is 47.0 Å². The molecule has 2 aliphatic rings. The number of amides is 5. The molecule has 2 aliphatic heterocycles. The summed E-state index contributed by atoms with van der Waals surface area (Å²) >= 11 is 1.57. The largest absolute Gasteiger partial charge is 0.465 e. The second-order valence-corrected chi connectivity index (χ2v) is 19.0. The Morgan fingerprint density at radius 2 is 1.54 bits per heavy atom. The number of nitrogens with one attached hydrogen (secondary N) is 2. The first-order chi connectivity index (χ1) is 28.6. The van der Waals surface area contributed by atoms with Crippen LogP contribution in [0.2, 0.25) is 0 Å². The van der Waals surface area contributed by atoms with Crippen molar-refractivity contribution in [3.8, 4) is 10.4 Å². The van der Waals surface area contributed by atoms with Crippen LogP contribution in [0.4, 0.5) is 10.5 Å². The molecule has 1 unspecified atom stereocenters. The third-order valence-corrected chi connectivity index (χ3v) is 12.4. The Kier molecular flexibility index (Phi) is 15.2. The van der Waals surface area contributed by atoms with Gasteiger partial charge in [0.15, 0.2) is 0 Å². The van der Waals surface area contributed by atoms with Gasteiger partial charge in [0.1, 0.15) is 18.7 Å². The highest BCUT2D eigenvalue weighted by molar-refractivity contribution is 7.13. The fraction of sp³-hybridized carbons (Fsp3) is 0.556. The molecule has 15 nitrogen and oxygen atoms in total. The Morgan fingerprint density at radius 3 is 2.10 bits per heavy atom. The van der Waals surface area contributed by atoms with Gasteiger partial charge >= 0.3 is 6.09 Å². The first-order valence-electron chi connectivity index (χ1n) is 21.0. The zero-order chi connectivity index (χ0) is 44.8. The minimum Gasteiger partial charge on any atom is -0.465 e. The molecule has 0 spiro atoms. The summed E-state index contributed by atoms with van der Waals surface area (Å²) in [5, 5.41) is 26.2. The van der Waals surface area contributed by atoms with Crippen LogP contribution >= 0.6 is 11.3 Å². The number of hydrogen-bond donors (Lipinski definition) is 4. The van der Waals surface area contributed by atoms with Gasteiger partial charge < -0.3 is 40.3 Å². The van der Waals surface area contributed by atoms with Crippen molar-refractivity contribution in [2.45, 2.75) is 111 Å². The van der Waals surface area contributed by atoms with E-state index in [-0.39, 0.29) is 56.5 Å². The molecule has 2 aromatic carbocycles. The van der Waals surface area contributed by atoms with Crippen molar-refractivity contribution < 1.29 is 38.9 Å². The van der Waals surface area contributed by atoms with Crippen LogP contribution in [0.3, 0.4) is 0 Å². The number of aryl methyl sites for hydroxylation is 1. The van der Waals surface area contributed by atoms with E-state index in [9.17, 15) is 34.2 Å². The molecule has 3 heterocycles. The maximum absolute atomic E-state index is 14.1. The number of hydrogen-bond acceptors (Lipinski definition) is 10. The third kappa shape index (κ3) is 11.9.